The summed E-state index contributed by atoms with van der Waals surface area (Å²) < 4.78 is 11.1. The quantitative estimate of drug-likeness (QED) is 0.509. The number of rotatable bonds is 6. The van der Waals surface area contributed by atoms with Crippen molar-refractivity contribution in [3.63, 3.8) is 0 Å². The minimum atomic E-state index is -0.267. The SMILES string of the molecule is C=C(/C=C\C(=C/N)C(=O)Nc1ccc(C2CNCCO2)cc1)N1CCOCC1. The maximum Gasteiger partial charge on any atom is 0.257 e. The first kappa shape index (κ1) is 20.1. The standard InChI is InChI=1S/C21H28N4O3/c1-16(25-9-12-27-13-10-25)2-3-18(14-22)21(26)24-19-6-4-17(5-7-19)20-15-23-8-11-28-20/h2-7,14,20,23H,1,8-13,15,22H2,(H,24,26)/b3-2-,18-14+. The van der Waals surface area contributed by atoms with Crippen molar-refractivity contribution in [2.45, 2.75) is 6.10 Å². The third-order valence-electron chi connectivity index (χ3n) is 4.78. The Bertz CT molecular complexity index is 731. The van der Waals surface area contributed by atoms with Gasteiger partial charge in [-0.2, -0.15) is 0 Å². The molecule has 1 unspecified atom stereocenters. The van der Waals surface area contributed by atoms with Gasteiger partial charge in [0.25, 0.3) is 5.91 Å². The third kappa shape index (κ3) is 5.45. The number of benzene rings is 1. The van der Waals surface area contributed by atoms with Crippen LogP contribution in [0.25, 0.3) is 0 Å². The number of hydrogen-bond donors (Lipinski definition) is 3. The predicted octanol–water partition coefficient (Wildman–Crippen LogP) is 1.53. The van der Waals surface area contributed by atoms with Gasteiger partial charge in [-0.25, -0.2) is 0 Å². The van der Waals surface area contributed by atoms with Crippen LogP contribution in [-0.4, -0.2) is 56.8 Å². The molecule has 28 heavy (non-hydrogen) atoms. The fraction of sp³-hybridized carbons (Fsp3) is 0.381. The summed E-state index contributed by atoms with van der Waals surface area (Å²) in [5.74, 6) is -0.267. The molecule has 0 bridgehead atoms. The van der Waals surface area contributed by atoms with Crippen molar-refractivity contribution in [3.8, 4) is 0 Å². The summed E-state index contributed by atoms with van der Waals surface area (Å²) in [5.41, 5.74) is 8.65. The summed E-state index contributed by atoms with van der Waals surface area (Å²) in [6, 6.07) is 7.68. The van der Waals surface area contributed by atoms with Crippen molar-refractivity contribution < 1.29 is 14.3 Å². The van der Waals surface area contributed by atoms with Crippen molar-refractivity contribution in [1.82, 2.24) is 10.2 Å². The van der Waals surface area contributed by atoms with Crippen LogP contribution in [0.3, 0.4) is 0 Å². The molecule has 2 fully saturated rings. The summed E-state index contributed by atoms with van der Waals surface area (Å²) in [7, 11) is 0. The van der Waals surface area contributed by atoms with Crippen LogP contribution >= 0.6 is 0 Å². The zero-order valence-corrected chi connectivity index (χ0v) is 16.0. The van der Waals surface area contributed by atoms with Crippen LogP contribution in [0.2, 0.25) is 0 Å². The Kier molecular flexibility index (Phi) is 7.25. The second kappa shape index (κ2) is 10.1. The fourth-order valence-electron chi connectivity index (χ4n) is 3.11. The molecule has 2 aliphatic rings. The highest BCUT2D eigenvalue weighted by molar-refractivity contribution is 6.05. The second-order valence-corrected chi connectivity index (χ2v) is 6.69. The molecule has 1 atom stereocenters. The number of ether oxygens (including phenoxy) is 2. The van der Waals surface area contributed by atoms with Crippen molar-refractivity contribution in [2.24, 2.45) is 5.73 Å². The normalized spacial score (nSPS) is 20.9. The number of nitrogens with one attached hydrogen (secondary N) is 2. The zero-order chi connectivity index (χ0) is 19.8. The second-order valence-electron chi connectivity index (χ2n) is 6.69. The molecule has 2 saturated heterocycles. The minimum absolute atomic E-state index is 0.0483. The number of morpholine rings is 2. The van der Waals surface area contributed by atoms with E-state index in [1.807, 2.05) is 24.3 Å². The maximum atomic E-state index is 12.5. The molecule has 7 heteroatoms. The number of carbonyl (C=O) groups is 1. The first-order valence-electron chi connectivity index (χ1n) is 9.52. The van der Waals surface area contributed by atoms with Gasteiger partial charge in [0, 0.05) is 43.8 Å². The average molecular weight is 384 g/mol. The molecule has 0 radical (unpaired) electrons. The molecule has 3 rings (SSSR count). The topological polar surface area (TPSA) is 88.9 Å². The van der Waals surface area contributed by atoms with Gasteiger partial charge >= 0.3 is 0 Å². The van der Waals surface area contributed by atoms with Crippen LogP contribution < -0.4 is 16.4 Å². The largest absolute Gasteiger partial charge is 0.404 e. The van der Waals surface area contributed by atoms with Gasteiger partial charge in [-0.05, 0) is 29.8 Å². The van der Waals surface area contributed by atoms with E-state index in [1.165, 1.54) is 6.20 Å². The number of nitrogens with zero attached hydrogens (tertiary/aromatic N) is 1. The van der Waals surface area contributed by atoms with Gasteiger partial charge in [0.2, 0.25) is 0 Å². The molecule has 0 saturated carbocycles. The van der Waals surface area contributed by atoms with Gasteiger partial charge in [0.1, 0.15) is 0 Å². The van der Waals surface area contributed by atoms with E-state index >= 15 is 0 Å². The molecule has 2 heterocycles. The van der Waals surface area contributed by atoms with Crippen molar-refractivity contribution in [2.75, 3.05) is 51.3 Å². The van der Waals surface area contributed by atoms with Gasteiger partial charge in [-0.3, -0.25) is 4.79 Å². The summed E-state index contributed by atoms with van der Waals surface area (Å²) in [5, 5.41) is 6.18. The van der Waals surface area contributed by atoms with E-state index in [1.54, 1.807) is 12.2 Å². The Morgan fingerprint density at radius 1 is 1.21 bits per heavy atom. The maximum absolute atomic E-state index is 12.5. The molecular weight excluding hydrogens is 356 g/mol. The Balaban J connectivity index is 1.56. The van der Waals surface area contributed by atoms with E-state index in [4.69, 9.17) is 15.2 Å². The molecule has 0 spiro atoms. The van der Waals surface area contributed by atoms with Crippen molar-refractivity contribution >= 4 is 11.6 Å². The van der Waals surface area contributed by atoms with Gasteiger partial charge in [0.15, 0.2) is 0 Å². The van der Waals surface area contributed by atoms with E-state index in [0.29, 0.717) is 31.1 Å². The lowest BCUT2D eigenvalue weighted by atomic mass is 10.1. The lowest BCUT2D eigenvalue weighted by Gasteiger charge is -2.29. The van der Waals surface area contributed by atoms with Gasteiger partial charge < -0.3 is 30.7 Å². The summed E-state index contributed by atoms with van der Waals surface area (Å²) in [6.07, 6.45) is 4.84. The highest BCUT2D eigenvalue weighted by atomic mass is 16.5. The molecule has 0 aromatic heterocycles. The molecule has 1 amide bonds. The predicted molar refractivity (Wildman–Crippen MR) is 110 cm³/mol. The molecule has 150 valence electrons. The molecule has 0 aliphatic carbocycles. The van der Waals surface area contributed by atoms with Crippen LogP contribution in [0.4, 0.5) is 5.69 Å². The molecule has 1 aromatic rings. The number of nitrogens with two attached hydrogens (primary N) is 1. The van der Waals surface area contributed by atoms with Crippen LogP contribution in [0.15, 0.2) is 60.5 Å². The lowest BCUT2D eigenvalue weighted by Crippen LogP contribution is -2.34. The van der Waals surface area contributed by atoms with Crippen LogP contribution in [0, 0.1) is 0 Å². The van der Waals surface area contributed by atoms with Gasteiger partial charge in [-0.15, -0.1) is 0 Å². The minimum Gasteiger partial charge on any atom is -0.404 e. The van der Waals surface area contributed by atoms with Crippen LogP contribution in [0.1, 0.15) is 11.7 Å². The molecule has 7 nitrogen and oxygen atoms in total. The highest BCUT2D eigenvalue weighted by Crippen LogP contribution is 2.21. The van der Waals surface area contributed by atoms with Crippen molar-refractivity contribution in [1.29, 1.82) is 0 Å². The average Bonchev–Trinajstić information content (AvgIpc) is 2.76. The van der Waals surface area contributed by atoms with Crippen molar-refractivity contribution in [3.05, 3.63) is 66.0 Å². The summed E-state index contributed by atoms with van der Waals surface area (Å²) in [6.45, 7) is 9.39. The third-order valence-corrected chi connectivity index (χ3v) is 4.78. The van der Waals surface area contributed by atoms with Gasteiger partial charge in [0.05, 0.1) is 31.5 Å². The number of carbonyl (C=O) groups excluding carboxylic acids is 1. The number of anilines is 1. The molecular formula is C21H28N4O3. The summed E-state index contributed by atoms with van der Waals surface area (Å²) >= 11 is 0. The molecule has 1 aromatic carbocycles. The van der Waals surface area contributed by atoms with Gasteiger partial charge in [-0.1, -0.05) is 18.7 Å². The Labute approximate surface area is 165 Å². The smallest absolute Gasteiger partial charge is 0.257 e. The van der Waals surface area contributed by atoms with E-state index in [0.717, 1.165) is 37.4 Å². The Hall–Kier alpha value is -2.61. The first-order valence-corrected chi connectivity index (χ1v) is 9.52. The lowest BCUT2D eigenvalue weighted by molar-refractivity contribution is -0.112. The number of allylic oxidation sites excluding steroid dienone is 1. The summed E-state index contributed by atoms with van der Waals surface area (Å²) in [4.78, 5) is 14.6. The zero-order valence-electron chi connectivity index (χ0n) is 16.0. The Morgan fingerprint density at radius 2 is 1.96 bits per heavy atom. The first-order chi connectivity index (χ1) is 13.7. The fourth-order valence-corrected chi connectivity index (χ4v) is 3.11. The highest BCUT2D eigenvalue weighted by Gasteiger charge is 2.16. The van der Waals surface area contributed by atoms with Crippen LogP contribution in [-0.2, 0) is 14.3 Å². The monoisotopic (exact) mass is 384 g/mol. The van der Waals surface area contributed by atoms with Crippen LogP contribution in [0.5, 0.6) is 0 Å². The van der Waals surface area contributed by atoms with E-state index in [9.17, 15) is 4.79 Å². The van der Waals surface area contributed by atoms with E-state index < -0.39 is 0 Å². The number of amides is 1. The van der Waals surface area contributed by atoms with E-state index in [2.05, 4.69) is 22.1 Å². The number of hydrogen-bond acceptors (Lipinski definition) is 6. The Morgan fingerprint density at radius 3 is 2.61 bits per heavy atom. The molecule has 4 N–H and O–H groups in total. The molecule has 2 aliphatic heterocycles. The van der Waals surface area contributed by atoms with E-state index in [-0.39, 0.29) is 12.0 Å².